The SMILES string of the molecule is CCCOc1ccc(-c2nc3s/c(=C/c4ccc(C)cc4)c(=O)n3n2)cc1. The fourth-order valence-corrected chi connectivity index (χ4v) is 3.60. The second kappa shape index (κ2) is 7.32. The zero-order valence-electron chi connectivity index (χ0n) is 15.2. The van der Waals surface area contributed by atoms with Gasteiger partial charge in [-0.05, 0) is 49.2 Å². The van der Waals surface area contributed by atoms with Crippen molar-refractivity contribution in [2.24, 2.45) is 0 Å². The zero-order valence-corrected chi connectivity index (χ0v) is 16.0. The second-order valence-corrected chi connectivity index (χ2v) is 7.34. The highest BCUT2D eigenvalue weighted by Gasteiger charge is 2.12. The van der Waals surface area contributed by atoms with Crippen LogP contribution in [-0.4, -0.2) is 21.2 Å². The molecule has 0 fully saturated rings. The Kier molecular flexibility index (Phi) is 4.73. The Morgan fingerprint density at radius 1 is 1.11 bits per heavy atom. The molecule has 0 saturated heterocycles. The van der Waals surface area contributed by atoms with Crippen LogP contribution in [0.15, 0.2) is 53.3 Å². The fraction of sp³-hybridized carbons (Fsp3) is 0.190. The lowest BCUT2D eigenvalue weighted by Gasteiger charge is -2.04. The summed E-state index contributed by atoms with van der Waals surface area (Å²) >= 11 is 1.35. The maximum Gasteiger partial charge on any atom is 0.291 e. The molecule has 0 amide bonds. The van der Waals surface area contributed by atoms with E-state index in [1.165, 1.54) is 21.4 Å². The minimum atomic E-state index is -0.141. The van der Waals surface area contributed by atoms with Gasteiger partial charge in [-0.2, -0.15) is 9.50 Å². The number of thiazole rings is 1. The number of rotatable bonds is 5. The molecule has 27 heavy (non-hydrogen) atoms. The molecule has 6 heteroatoms. The number of nitrogens with zero attached hydrogens (tertiary/aromatic N) is 3. The Morgan fingerprint density at radius 3 is 2.52 bits per heavy atom. The molecule has 0 spiro atoms. The molecule has 0 bridgehead atoms. The summed E-state index contributed by atoms with van der Waals surface area (Å²) in [5.74, 6) is 1.36. The summed E-state index contributed by atoms with van der Waals surface area (Å²) in [4.78, 5) is 17.8. The van der Waals surface area contributed by atoms with Crippen molar-refractivity contribution in [2.75, 3.05) is 6.61 Å². The third-order valence-electron chi connectivity index (χ3n) is 4.14. The molecule has 0 radical (unpaired) electrons. The van der Waals surface area contributed by atoms with Gasteiger partial charge in [0.2, 0.25) is 4.96 Å². The summed E-state index contributed by atoms with van der Waals surface area (Å²) in [5, 5.41) is 4.39. The van der Waals surface area contributed by atoms with Gasteiger partial charge in [0.1, 0.15) is 5.75 Å². The maximum absolute atomic E-state index is 12.6. The number of hydrogen-bond donors (Lipinski definition) is 0. The molecule has 2 aromatic heterocycles. The molecule has 0 unspecified atom stereocenters. The van der Waals surface area contributed by atoms with Crippen molar-refractivity contribution in [1.82, 2.24) is 14.6 Å². The predicted molar refractivity (Wildman–Crippen MR) is 108 cm³/mol. The van der Waals surface area contributed by atoms with E-state index in [2.05, 4.69) is 17.0 Å². The number of aryl methyl sites for hydroxylation is 1. The molecular formula is C21H19N3O2S. The van der Waals surface area contributed by atoms with Gasteiger partial charge in [0.15, 0.2) is 5.82 Å². The average Bonchev–Trinajstić information content (AvgIpc) is 3.22. The average molecular weight is 377 g/mol. The standard InChI is InChI=1S/C21H19N3O2S/c1-3-12-26-17-10-8-16(9-11-17)19-22-21-24(23-19)20(25)18(27-21)13-15-6-4-14(2)5-7-15/h4-11,13H,3,12H2,1-2H3/b18-13+. The lowest BCUT2D eigenvalue weighted by Crippen LogP contribution is -2.23. The van der Waals surface area contributed by atoms with Crippen molar-refractivity contribution in [3.8, 4) is 17.1 Å². The largest absolute Gasteiger partial charge is 0.494 e. The first kappa shape index (κ1) is 17.4. The predicted octanol–water partition coefficient (Wildman–Crippen LogP) is 3.46. The maximum atomic E-state index is 12.6. The van der Waals surface area contributed by atoms with Crippen LogP contribution in [0.4, 0.5) is 0 Å². The first-order chi connectivity index (χ1) is 13.1. The summed E-state index contributed by atoms with van der Waals surface area (Å²) < 4.78 is 7.60. The van der Waals surface area contributed by atoms with Gasteiger partial charge in [-0.15, -0.1) is 5.10 Å². The van der Waals surface area contributed by atoms with E-state index in [0.29, 0.717) is 21.9 Å². The van der Waals surface area contributed by atoms with Gasteiger partial charge in [-0.1, -0.05) is 48.1 Å². The number of hydrogen-bond acceptors (Lipinski definition) is 5. The van der Waals surface area contributed by atoms with Gasteiger partial charge in [-0.25, -0.2) is 0 Å². The number of fused-ring (bicyclic) bond motifs is 1. The summed E-state index contributed by atoms with van der Waals surface area (Å²) in [5.41, 5.74) is 2.90. The van der Waals surface area contributed by atoms with Crippen molar-refractivity contribution in [2.45, 2.75) is 20.3 Å². The Hall–Kier alpha value is -2.99. The smallest absolute Gasteiger partial charge is 0.291 e. The third-order valence-corrected chi connectivity index (χ3v) is 5.10. The van der Waals surface area contributed by atoms with Gasteiger partial charge >= 0.3 is 0 Å². The van der Waals surface area contributed by atoms with Crippen LogP contribution in [0.1, 0.15) is 24.5 Å². The summed E-state index contributed by atoms with van der Waals surface area (Å²) in [6.45, 7) is 4.80. The molecule has 4 aromatic rings. The highest BCUT2D eigenvalue weighted by Crippen LogP contribution is 2.20. The first-order valence-electron chi connectivity index (χ1n) is 8.85. The lowest BCUT2D eigenvalue weighted by atomic mass is 10.1. The van der Waals surface area contributed by atoms with Crippen LogP contribution in [0.3, 0.4) is 0 Å². The van der Waals surface area contributed by atoms with E-state index < -0.39 is 0 Å². The minimum absolute atomic E-state index is 0.141. The molecule has 0 aliphatic carbocycles. The molecule has 5 nitrogen and oxygen atoms in total. The van der Waals surface area contributed by atoms with E-state index in [9.17, 15) is 4.79 Å². The summed E-state index contributed by atoms with van der Waals surface area (Å²) in [6.07, 6.45) is 2.84. The van der Waals surface area contributed by atoms with Crippen LogP contribution >= 0.6 is 11.3 Å². The molecule has 0 saturated carbocycles. The van der Waals surface area contributed by atoms with E-state index in [1.54, 1.807) is 0 Å². The molecule has 0 aliphatic heterocycles. The molecule has 2 heterocycles. The molecular weight excluding hydrogens is 358 g/mol. The molecule has 0 N–H and O–H groups in total. The van der Waals surface area contributed by atoms with E-state index >= 15 is 0 Å². The molecule has 0 aliphatic rings. The van der Waals surface area contributed by atoms with Gasteiger partial charge in [0, 0.05) is 5.56 Å². The van der Waals surface area contributed by atoms with E-state index in [4.69, 9.17) is 4.74 Å². The van der Waals surface area contributed by atoms with E-state index in [-0.39, 0.29) is 5.56 Å². The van der Waals surface area contributed by atoms with E-state index in [0.717, 1.165) is 23.3 Å². The number of aromatic nitrogens is 3. The van der Waals surface area contributed by atoms with Crippen LogP contribution in [0.5, 0.6) is 5.75 Å². The van der Waals surface area contributed by atoms with Crippen LogP contribution in [-0.2, 0) is 0 Å². The molecule has 4 rings (SSSR count). The van der Waals surface area contributed by atoms with Crippen molar-refractivity contribution in [3.05, 3.63) is 74.5 Å². The second-order valence-electron chi connectivity index (χ2n) is 6.33. The van der Waals surface area contributed by atoms with Crippen LogP contribution < -0.4 is 14.8 Å². The van der Waals surface area contributed by atoms with Crippen LogP contribution in [0, 0.1) is 6.92 Å². The number of ether oxygens (including phenoxy) is 1. The topological polar surface area (TPSA) is 56.5 Å². The Balaban J connectivity index is 1.66. The highest BCUT2D eigenvalue weighted by atomic mass is 32.1. The minimum Gasteiger partial charge on any atom is -0.494 e. The Labute approximate surface area is 160 Å². The lowest BCUT2D eigenvalue weighted by molar-refractivity contribution is 0.317. The van der Waals surface area contributed by atoms with Gasteiger partial charge < -0.3 is 4.74 Å². The zero-order chi connectivity index (χ0) is 18.8. The normalized spacial score (nSPS) is 12.0. The van der Waals surface area contributed by atoms with Gasteiger partial charge in [0.05, 0.1) is 11.1 Å². The van der Waals surface area contributed by atoms with Crippen molar-refractivity contribution >= 4 is 22.4 Å². The van der Waals surface area contributed by atoms with Crippen LogP contribution in [0.2, 0.25) is 0 Å². The fourth-order valence-electron chi connectivity index (χ4n) is 2.69. The summed E-state index contributed by atoms with van der Waals surface area (Å²) in [7, 11) is 0. The third kappa shape index (κ3) is 3.61. The van der Waals surface area contributed by atoms with Crippen molar-refractivity contribution < 1.29 is 4.74 Å². The first-order valence-corrected chi connectivity index (χ1v) is 9.67. The Morgan fingerprint density at radius 2 is 1.85 bits per heavy atom. The summed E-state index contributed by atoms with van der Waals surface area (Å²) in [6, 6.07) is 15.7. The van der Waals surface area contributed by atoms with Crippen LogP contribution in [0.25, 0.3) is 22.4 Å². The van der Waals surface area contributed by atoms with Crippen molar-refractivity contribution in [1.29, 1.82) is 0 Å². The van der Waals surface area contributed by atoms with E-state index in [1.807, 2.05) is 61.5 Å². The quantitative estimate of drug-likeness (QED) is 0.534. The van der Waals surface area contributed by atoms with Crippen molar-refractivity contribution in [3.63, 3.8) is 0 Å². The monoisotopic (exact) mass is 377 g/mol. The van der Waals surface area contributed by atoms with Gasteiger partial charge in [-0.3, -0.25) is 4.79 Å². The molecule has 2 aromatic carbocycles. The van der Waals surface area contributed by atoms with Gasteiger partial charge in [0.25, 0.3) is 5.56 Å². The number of benzene rings is 2. The molecule has 136 valence electrons. The Bertz CT molecular complexity index is 1180. The highest BCUT2D eigenvalue weighted by molar-refractivity contribution is 7.15. The molecule has 0 atom stereocenters.